The van der Waals surface area contributed by atoms with Gasteiger partial charge in [-0.1, -0.05) is 42.5 Å². The molecule has 3 heteroatoms. The molecule has 0 radical (unpaired) electrons. The van der Waals surface area contributed by atoms with Gasteiger partial charge in [-0.05, 0) is 50.3 Å². The molecule has 3 nitrogen and oxygen atoms in total. The normalized spacial score (nSPS) is 14.9. The highest BCUT2D eigenvalue weighted by atomic mass is 16.2. The van der Waals surface area contributed by atoms with Crippen molar-refractivity contribution in [1.29, 1.82) is 0 Å². The number of benzene rings is 2. The number of amides is 1. The Balaban J connectivity index is 1.84. The summed E-state index contributed by atoms with van der Waals surface area (Å²) in [5, 5.41) is 0. The molecule has 24 heavy (non-hydrogen) atoms. The highest BCUT2D eigenvalue weighted by Crippen LogP contribution is 2.33. The van der Waals surface area contributed by atoms with E-state index < -0.39 is 0 Å². The van der Waals surface area contributed by atoms with Crippen LogP contribution in [0.2, 0.25) is 0 Å². The minimum Gasteiger partial charge on any atom is -0.332 e. The van der Waals surface area contributed by atoms with Crippen LogP contribution in [-0.4, -0.2) is 23.1 Å². The van der Waals surface area contributed by atoms with Crippen molar-refractivity contribution >= 4 is 11.7 Å². The number of hydrogen-bond acceptors (Lipinski definition) is 2. The molecule has 0 spiro atoms. The predicted octanol–water partition coefficient (Wildman–Crippen LogP) is 4.50. The van der Waals surface area contributed by atoms with E-state index in [0.29, 0.717) is 17.0 Å². The van der Waals surface area contributed by atoms with Crippen LogP contribution in [0, 0.1) is 5.92 Å². The number of rotatable bonds is 6. The summed E-state index contributed by atoms with van der Waals surface area (Å²) in [5.74, 6) is 0.673. The van der Waals surface area contributed by atoms with Crippen LogP contribution in [0.1, 0.15) is 59.0 Å². The van der Waals surface area contributed by atoms with Gasteiger partial charge in [0.05, 0.1) is 6.04 Å². The number of hydrogen-bond donors (Lipinski definition) is 0. The van der Waals surface area contributed by atoms with Gasteiger partial charge >= 0.3 is 0 Å². The van der Waals surface area contributed by atoms with Crippen molar-refractivity contribution in [2.45, 2.75) is 32.7 Å². The summed E-state index contributed by atoms with van der Waals surface area (Å²) in [6, 6.07) is 17.2. The average molecular weight is 321 g/mol. The summed E-state index contributed by atoms with van der Waals surface area (Å²) in [6.07, 6.45) is 2.41. The molecule has 0 saturated heterocycles. The molecular weight excluding hydrogens is 298 g/mol. The summed E-state index contributed by atoms with van der Waals surface area (Å²) in [4.78, 5) is 26.4. The van der Waals surface area contributed by atoms with Gasteiger partial charge in [-0.2, -0.15) is 0 Å². The lowest BCUT2D eigenvalue weighted by molar-refractivity contribution is 0.0680. The first-order valence-corrected chi connectivity index (χ1v) is 8.53. The lowest BCUT2D eigenvalue weighted by atomic mass is 10.0. The van der Waals surface area contributed by atoms with Crippen LogP contribution < -0.4 is 0 Å². The van der Waals surface area contributed by atoms with Crippen molar-refractivity contribution in [2.24, 2.45) is 5.92 Å². The zero-order valence-electron chi connectivity index (χ0n) is 14.2. The molecule has 0 heterocycles. The Kier molecular flexibility index (Phi) is 4.79. The second-order valence-corrected chi connectivity index (χ2v) is 6.62. The molecular formula is C21H23NO2. The van der Waals surface area contributed by atoms with E-state index in [2.05, 4.69) is 19.1 Å². The van der Waals surface area contributed by atoms with Crippen LogP contribution in [0.3, 0.4) is 0 Å². The Bertz CT molecular complexity index is 717. The predicted molar refractivity (Wildman–Crippen MR) is 95.1 cm³/mol. The number of ketones is 1. The van der Waals surface area contributed by atoms with Crippen molar-refractivity contribution in [3.63, 3.8) is 0 Å². The summed E-state index contributed by atoms with van der Waals surface area (Å²) >= 11 is 0. The van der Waals surface area contributed by atoms with E-state index in [0.717, 1.165) is 12.1 Å². The van der Waals surface area contributed by atoms with Gasteiger partial charge in [-0.15, -0.1) is 0 Å². The number of carbonyl (C=O) groups excluding carboxylic acids is 2. The zero-order chi connectivity index (χ0) is 17.1. The van der Waals surface area contributed by atoms with Crippen LogP contribution in [0.25, 0.3) is 0 Å². The van der Waals surface area contributed by atoms with Crippen LogP contribution in [0.15, 0.2) is 54.6 Å². The molecule has 0 N–H and O–H groups in total. The Morgan fingerprint density at radius 1 is 1.00 bits per heavy atom. The first-order valence-electron chi connectivity index (χ1n) is 8.53. The van der Waals surface area contributed by atoms with E-state index in [1.807, 2.05) is 23.1 Å². The van der Waals surface area contributed by atoms with Crippen LogP contribution in [0.5, 0.6) is 0 Å². The molecule has 2 aromatic rings. The summed E-state index contributed by atoms with van der Waals surface area (Å²) in [7, 11) is 0. The molecule has 0 aliphatic heterocycles. The maximum Gasteiger partial charge on any atom is 0.254 e. The van der Waals surface area contributed by atoms with Gasteiger partial charge in [0.25, 0.3) is 5.91 Å². The standard InChI is InChI=1S/C21H23NO2/c1-15(18-6-4-3-5-7-18)22(14-17-8-9-17)21(24)20-12-10-19(11-13-20)16(2)23/h3-7,10-13,15,17H,8-9,14H2,1-2H3. The maximum absolute atomic E-state index is 13.0. The third kappa shape index (κ3) is 3.73. The minimum atomic E-state index is 0.0153. The zero-order valence-corrected chi connectivity index (χ0v) is 14.2. The van der Waals surface area contributed by atoms with Crippen molar-refractivity contribution in [3.05, 3.63) is 71.3 Å². The van der Waals surface area contributed by atoms with E-state index in [-0.39, 0.29) is 17.7 Å². The van der Waals surface area contributed by atoms with Crippen molar-refractivity contribution < 1.29 is 9.59 Å². The molecule has 0 aromatic heterocycles. The number of nitrogens with zero attached hydrogens (tertiary/aromatic N) is 1. The van der Waals surface area contributed by atoms with Gasteiger partial charge in [0, 0.05) is 17.7 Å². The minimum absolute atomic E-state index is 0.0153. The van der Waals surface area contributed by atoms with Gasteiger partial charge in [0.2, 0.25) is 0 Å². The van der Waals surface area contributed by atoms with Crippen LogP contribution >= 0.6 is 0 Å². The van der Waals surface area contributed by atoms with E-state index in [1.165, 1.54) is 19.8 Å². The second-order valence-electron chi connectivity index (χ2n) is 6.62. The molecule has 124 valence electrons. The largest absolute Gasteiger partial charge is 0.332 e. The van der Waals surface area contributed by atoms with E-state index in [4.69, 9.17) is 0 Å². The van der Waals surface area contributed by atoms with E-state index in [1.54, 1.807) is 24.3 Å². The lowest BCUT2D eigenvalue weighted by Crippen LogP contribution is -2.35. The van der Waals surface area contributed by atoms with Crippen molar-refractivity contribution in [3.8, 4) is 0 Å². The van der Waals surface area contributed by atoms with E-state index in [9.17, 15) is 9.59 Å². The smallest absolute Gasteiger partial charge is 0.254 e. The first-order chi connectivity index (χ1) is 11.6. The molecule has 1 aliphatic rings. The fourth-order valence-electron chi connectivity index (χ4n) is 2.92. The lowest BCUT2D eigenvalue weighted by Gasteiger charge is -2.30. The third-order valence-electron chi connectivity index (χ3n) is 4.70. The monoisotopic (exact) mass is 321 g/mol. The first kappa shape index (κ1) is 16.4. The molecule has 2 aromatic carbocycles. The van der Waals surface area contributed by atoms with Gasteiger partial charge in [0.1, 0.15) is 0 Å². The van der Waals surface area contributed by atoms with Gasteiger partial charge in [0.15, 0.2) is 5.78 Å². The highest BCUT2D eigenvalue weighted by Gasteiger charge is 2.30. The Labute approximate surface area is 143 Å². The maximum atomic E-state index is 13.0. The summed E-state index contributed by atoms with van der Waals surface area (Å²) in [5.41, 5.74) is 2.42. The van der Waals surface area contributed by atoms with Gasteiger partial charge < -0.3 is 4.90 Å². The van der Waals surface area contributed by atoms with Crippen LogP contribution in [-0.2, 0) is 0 Å². The second kappa shape index (κ2) is 7.00. The fourth-order valence-corrected chi connectivity index (χ4v) is 2.92. The molecule has 1 atom stereocenters. The Hall–Kier alpha value is -2.42. The molecule has 1 unspecified atom stereocenters. The molecule has 1 amide bonds. The fraction of sp³-hybridized carbons (Fsp3) is 0.333. The average Bonchev–Trinajstić information content (AvgIpc) is 3.43. The number of Topliss-reactive ketones (excluding diaryl/α,β-unsaturated/α-hetero) is 1. The SMILES string of the molecule is CC(=O)c1ccc(C(=O)N(CC2CC2)C(C)c2ccccc2)cc1. The third-order valence-corrected chi connectivity index (χ3v) is 4.70. The molecule has 1 aliphatic carbocycles. The van der Waals surface area contributed by atoms with Crippen LogP contribution in [0.4, 0.5) is 0 Å². The van der Waals surface area contributed by atoms with Crippen molar-refractivity contribution in [1.82, 2.24) is 4.90 Å². The topological polar surface area (TPSA) is 37.4 Å². The molecule has 1 fully saturated rings. The van der Waals surface area contributed by atoms with Crippen molar-refractivity contribution in [2.75, 3.05) is 6.54 Å². The summed E-state index contributed by atoms with van der Waals surface area (Å²) < 4.78 is 0. The Morgan fingerprint density at radius 3 is 2.12 bits per heavy atom. The van der Waals surface area contributed by atoms with Gasteiger partial charge in [-0.3, -0.25) is 9.59 Å². The summed E-state index contributed by atoms with van der Waals surface area (Å²) in [6.45, 7) is 4.41. The molecule has 1 saturated carbocycles. The number of carbonyl (C=O) groups is 2. The Morgan fingerprint density at radius 2 is 1.58 bits per heavy atom. The molecule has 0 bridgehead atoms. The van der Waals surface area contributed by atoms with E-state index >= 15 is 0 Å². The molecule has 3 rings (SSSR count). The van der Waals surface area contributed by atoms with Gasteiger partial charge in [-0.25, -0.2) is 0 Å². The highest BCUT2D eigenvalue weighted by molar-refractivity contribution is 5.97. The quantitative estimate of drug-likeness (QED) is 0.734.